The van der Waals surface area contributed by atoms with Crippen LogP contribution < -0.4 is 5.32 Å². The number of carbonyl (C=O) groups excluding carboxylic acids is 3. The van der Waals surface area contributed by atoms with Crippen molar-refractivity contribution in [1.29, 1.82) is 0 Å². The van der Waals surface area contributed by atoms with Crippen molar-refractivity contribution >= 4 is 17.7 Å². The van der Waals surface area contributed by atoms with E-state index in [0.717, 1.165) is 16.9 Å². The molecule has 118 valence electrons. The lowest BCUT2D eigenvalue weighted by Crippen LogP contribution is -2.36. The summed E-state index contributed by atoms with van der Waals surface area (Å²) in [6, 6.07) is 6.27. The molecule has 1 aromatic rings. The van der Waals surface area contributed by atoms with Crippen molar-refractivity contribution in [3.63, 3.8) is 0 Å². The molecule has 0 saturated carbocycles. The monoisotopic (exact) mass is 302 g/mol. The van der Waals surface area contributed by atoms with Crippen molar-refractivity contribution in [2.24, 2.45) is 5.92 Å². The number of aryl methyl sites for hydroxylation is 1. The quantitative estimate of drug-likeness (QED) is 0.648. The Morgan fingerprint density at radius 1 is 1.23 bits per heavy atom. The standard InChI is InChI=1S/C17H22N2O3/c1-4-12-5-7-13(8-6-12)15(20)10-19-16(21)14(9-11(2)3)18-17(19)22/h5-8,11,14H,4,9-10H2,1-3H3,(H,18,22). The van der Waals surface area contributed by atoms with E-state index in [-0.39, 0.29) is 18.2 Å². The third kappa shape index (κ3) is 3.53. The van der Waals surface area contributed by atoms with E-state index in [1.54, 1.807) is 12.1 Å². The zero-order valence-electron chi connectivity index (χ0n) is 13.3. The summed E-state index contributed by atoms with van der Waals surface area (Å²) in [4.78, 5) is 37.4. The molecule has 1 N–H and O–H groups in total. The van der Waals surface area contributed by atoms with Crippen LogP contribution in [0.15, 0.2) is 24.3 Å². The van der Waals surface area contributed by atoms with Crippen LogP contribution in [-0.4, -0.2) is 35.2 Å². The minimum atomic E-state index is -0.511. The molecule has 0 bridgehead atoms. The van der Waals surface area contributed by atoms with Crippen LogP contribution in [0.25, 0.3) is 0 Å². The summed E-state index contributed by atoms with van der Waals surface area (Å²) in [6.07, 6.45) is 1.48. The predicted molar refractivity (Wildman–Crippen MR) is 83.6 cm³/mol. The number of nitrogens with zero attached hydrogens (tertiary/aromatic N) is 1. The molecule has 1 aromatic carbocycles. The van der Waals surface area contributed by atoms with Crippen LogP contribution in [0.1, 0.15) is 43.1 Å². The molecule has 22 heavy (non-hydrogen) atoms. The maximum atomic E-state index is 12.2. The Kier molecular flexibility index (Phi) is 4.96. The molecule has 1 atom stereocenters. The van der Waals surface area contributed by atoms with E-state index in [0.29, 0.717) is 17.9 Å². The van der Waals surface area contributed by atoms with E-state index in [4.69, 9.17) is 0 Å². The first kappa shape index (κ1) is 16.2. The SMILES string of the molecule is CCc1ccc(C(=O)CN2C(=O)NC(CC(C)C)C2=O)cc1. The van der Waals surface area contributed by atoms with Gasteiger partial charge in [0.1, 0.15) is 6.04 Å². The molecular weight excluding hydrogens is 280 g/mol. The van der Waals surface area contributed by atoms with Crippen LogP contribution in [0.2, 0.25) is 0 Å². The van der Waals surface area contributed by atoms with Gasteiger partial charge in [0.05, 0.1) is 6.54 Å². The number of rotatable bonds is 6. The van der Waals surface area contributed by atoms with Crippen LogP contribution in [-0.2, 0) is 11.2 Å². The van der Waals surface area contributed by atoms with Gasteiger partial charge in [0.2, 0.25) is 0 Å². The average Bonchev–Trinajstić information content (AvgIpc) is 2.74. The Labute approximate surface area is 130 Å². The molecule has 0 aromatic heterocycles. The molecule has 0 spiro atoms. The zero-order valence-corrected chi connectivity index (χ0v) is 13.3. The lowest BCUT2D eigenvalue weighted by molar-refractivity contribution is -0.127. The fourth-order valence-electron chi connectivity index (χ4n) is 2.52. The topological polar surface area (TPSA) is 66.5 Å². The fourth-order valence-corrected chi connectivity index (χ4v) is 2.52. The first-order valence-corrected chi connectivity index (χ1v) is 7.66. The van der Waals surface area contributed by atoms with Gasteiger partial charge < -0.3 is 5.32 Å². The Morgan fingerprint density at radius 3 is 2.41 bits per heavy atom. The van der Waals surface area contributed by atoms with Gasteiger partial charge in [-0.25, -0.2) is 4.79 Å². The number of hydrogen-bond acceptors (Lipinski definition) is 3. The van der Waals surface area contributed by atoms with Crippen molar-refractivity contribution in [3.05, 3.63) is 35.4 Å². The van der Waals surface area contributed by atoms with Crippen molar-refractivity contribution in [3.8, 4) is 0 Å². The van der Waals surface area contributed by atoms with Crippen LogP contribution in [0.4, 0.5) is 4.79 Å². The fraction of sp³-hybridized carbons (Fsp3) is 0.471. The maximum Gasteiger partial charge on any atom is 0.325 e. The molecular formula is C17H22N2O3. The Hall–Kier alpha value is -2.17. The lowest BCUT2D eigenvalue weighted by Gasteiger charge is -2.13. The van der Waals surface area contributed by atoms with E-state index >= 15 is 0 Å². The van der Waals surface area contributed by atoms with Gasteiger partial charge in [0, 0.05) is 5.56 Å². The Balaban J connectivity index is 2.04. The highest BCUT2D eigenvalue weighted by Gasteiger charge is 2.38. The summed E-state index contributed by atoms with van der Waals surface area (Å²) in [5, 5.41) is 2.65. The van der Waals surface area contributed by atoms with Crippen molar-refractivity contribution in [2.45, 2.75) is 39.7 Å². The van der Waals surface area contributed by atoms with Gasteiger partial charge in [-0.15, -0.1) is 0 Å². The predicted octanol–water partition coefficient (Wildman–Crippen LogP) is 2.40. The summed E-state index contributed by atoms with van der Waals surface area (Å²) in [5.74, 6) is -0.236. The van der Waals surface area contributed by atoms with Crippen LogP contribution >= 0.6 is 0 Å². The lowest BCUT2D eigenvalue weighted by atomic mass is 10.0. The first-order chi connectivity index (χ1) is 10.4. The number of carbonyl (C=O) groups is 3. The molecule has 1 aliphatic rings. The Bertz CT molecular complexity index is 578. The van der Waals surface area contributed by atoms with Crippen LogP contribution in [0, 0.1) is 5.92 Å². The van der Waals surface area contributed by atoms with Crippen molar-refractivity contribution < 1.29 is 14.4 Å². The van der Waals surface area contributed by atoms with Crippen LogP contribution in [0.3, 0.4) is 0 Å². The van der Waals surface area contributed by atoms with E-state index < -0.39 is 12.1 Å². The number of imide groups is 1. The van der Waals surface area contributed by atoms with E-state index in [1.165, 1.54) is 0 Å². The summed E-state index contributed by atoms with van der Waals surface area (Å²) < 4.78 is 0. The molecule has 1 unspecified atom stereocenters. The normalized spacial score (nSPS) is 18.0. The second kappa shape index (κ2) is 6.73. The minimum Gasteiger partial charge on any atom is -0.326 e. The third-order valence-electron chi connectivity index (χ3n) is 3.80. The number of ketones is 1. The van der Waals surface area contributed by atoms with Gasteiger partial charge in [0.15, 0.2) is 5.78 Å². The smallest absolute Gasteiger partial charge is 0.325 e. The molecule has 0 aliphatic carbocycles. The highest BCUT2D eigenvalue weighted by Crippen LogP contribution is 2.15. The molecule has 2 rings (SSSR count). The highest BCUT2D eigenvalue weighted by atomic mass is 16.2. The number of urea groups is 1. The number of benzene rings is 1. The maximum absolute atomic E-state index is 12.2. The van der Waals surface area contributed by atoms with Gasteiger partial charge in [-0.1, -0.05) is 45.0 Å². The van der Waals surface area contributed by atoms with Gasteiger partial charge in [-0.3, -0.25) is 14.5 Å². The van der Waals surface area contributed by atoms with Crippen molar-refractivity contribution in [2.75, 3.05) is 6.54 Å². The van der Waals surface area contributed by atoms with Gasteiger partial charge >= 0.3 is 6.03 Å². The highest BCUT2D eigenvalue weighted by molar-refractivity contribution is 6.09. The number of Topliss-reactive ketones (excluding diaryl/α,β-unsaturated/α-hetero) is 1. The zero-order chi connectivity index (χ0) is 16.3. The molecule has 5 heteroatoms. The average molecular weight is 302 g/mol. The molecule has 1 heterocycles. The van der Waals surface area contributed by atoms with E-state index in [9.17, 15) is 14.4 Å². The molecule has 1 saturated heterocycles. The largest absolute Gasteiger partial charge is 0.326 e. The summed E-state index contributed by atoms with van der Waals surface area (Å²) in [7, 11) is 0. The molecule has 5 nitrogen and oxygen atoms in total. The summed E-state index contributed by atoms with van der Waals surface area (Å²) in [6.45, 7) is 5.81. The van der Waals surface area contributed by atoms with Crippen molar-refractivity contribution in [1.82, 2.24) is 10.2 Å². The summed E-state index contributed by atoms with van der Waals surface area (Å²) in [5.41, 5.74) is 1.66. The first-order valence-electron chi connectivity index (χ1n) is 7.66. The van der Waals surface area contributed by atoms with Gasteiger partial charge in [-0.05, 0) is 24.3 Å². The second-order valence-electron chi connectivity index (χ2n) is 6.03. The minimum absolute atomic E-state index is 0.204. The number of amides is 3. The molecule has 0 radical (unpaired) electrons. The van der Waals surface area contributed by atoms with Gasteiger partial charge in [-0.2, -0.15) is 0 Å². The molecule has 1 aliphatic heterocycles. The molecule has 1 fully saturated rings. The number of nitrogens with one attached hydrogen (secondary N) is 1. The molecule has 3 amide bonds. The van der Waals surface area contributed by atoms with E-state index in [1.807, 2.05) is 32.9 Å². The summed E-state index contributed by atoms with van der Waals surface area (Å²) >= 11 is 0. The third-order valence-corrected chi connectivity index (χ3v) is 3.80. The number of hydrogen-bond donors (Lipinski definition) is 1. The second-order valence-corrected chi connectivity index (χ2v) is 6.03. The van der Waals surface area contributed by atoms with Gasteiger partial charge in [0.25, 0.3) is 5.91 Å². The van der Waals surface area contributed by atoms with E-state index in [2.05, 4.69) is 5.32 Å². The Morgan fingerprint density at radius 2 is 1.86 bits per heavy atom. The van der Waals surface area contributed by atoms with Crippen LogP contribution in [0.5, 0.6) is 0 Å².